The quantitative estimate of drug-likeness (QED) is 0.855. The second-order valence-electron chi connectivity index (χ2n) is 3.52. The summed E-state index contributed by atoms with van der Waals surface area (Å²) in [6.45, 7) is 2.27. The summed E-state index contributed by atoms with van der Waals surface area (Å²) in [6, 6.07) is 9.12. The van der Waals surface area contributed by atoms with Crippen LogP contribution in [0.1, 0.15) is 17.0 Å². The van der Waals surface area contributed by atoms with E-state index in [1.807, 2.05) is 37.3 Å². The first-order valence-corrected chi connectivity index (χ1v) is 5.03. The first-order valence-electron chi connectivity index (χ1n) is 5.03. The van der Waals surface area contributed by atoms with Crippen LogP contribution in [0, 0.1) is 6.92 Å². The van der Waals surface area contributed by atoms with Crippen LogP contribution in [-0.4, -0.2) is 10.3 Å². The van der Waals surface area contributed by atoms with Crippen LogP contribution in [0.2, 0.25) is 0 Å². The lowest BCUT2D eigenvalue weighted by Gasteiger charge is -2.04. The molecular weight excluding hydrogens is 206 g/mol. The van der Waals surface area contributed by atoms with Crippen molar-refractivity contribution < 1.29 is 14.4 Å². The fraction of sp³-hybridized carbons (Fsp3) is 0.250. The second kappa shape index (κ2) is 4.81. The molecule has 0 aliphatic heterocycles. The van der Waals surface area contributed by atoms with Crippen LogP contribution >= 0.6 is 0 Å². The molecule has 0 atom stereocenters. The molecule has 0 saturated heterocycles. The number of nitrogens with zero attached hydrogens (tertiary/aromatic N) is 1. The van der Waals surface area contributed by atoms with Crippen LogP contribution in [-0.2, 0) is 13.2 Å². The van der Waals surface area contributed by atoms with Gasteiger partial charge in [0.2, 0.25) is 0 Å². The smallest absolute Gasteiger partial charge is 0.134 e. The zero-order valence-corrected chi connectivity index (χ0v) is 9.01. The standard InChI is InChI=1S/C12H13NO3/c1-9-6-11(13-16-9)8-15-12-4-2-10(7-14)3-5-12/h2-6,14H,7-8H2,1H3. The van der Waals surface area contributed by atoms with E-state index >= 15 is 0 Å². The van der Waals surface area contributed by atoms with E-state index in [4.69, 9.17) is 14.4 Å². The molecule has 1 N–H and O–H groups in total. The molecule has 4 heteroatoms. The first kappa shape index (κ1) is 10.7. The molecule has 0 bridgehead atoms. The fourth-order valence-corrected chi connectivity index (χ4v) is 1.33. The lowest BCUT2D eigenvalue weighted by molar-refractivity contribution is 0.279. The molecule has 0 fully saturated rings. The van der Waals surface area contributed by atoms with Crippen LogP contribution in [0.4, 0.5) is 0 Å². The fourth-order valence-electron chi connectivity index (χ4n) is 1.33. The molecule has 2 aromatic rings. The number of aliphatic hydroxyl groups is 1. The minimum absolute atomic E-state index is 0.0444. The molecule has 2 rings (SSSR count). The van der Waals surface area contributed by atoms with Crippen molar-refractivity contribution in [1.29, 1.82) is 0 Å². The number of benzene rings is 1. The average molecular weight is 219 g/mol. The van der Waals surface area contributed by atoms with E-state index in [1.165, 1.54) is 0 Å². The van der Waals surface area contributed by atoms with E-state index in [0.717, 1.165) is 22.8 Å². The van der Waals surface area contributed by atoms with Gasteiger partial charge in [0.15, 0.2) is 0 Å². The average Bonchev–Trinajstić information content (AvgIpc) is 2.73. The Kier molecular flexibility index (Phi) is 3.22. The van der Waals surface area contributed by atoms with E-state index in [2.05, 4.69) is 5.16 Å². The van der Waals surface area contributed by atoms with Gasteiger partial charge in [-0.2, -0.15) is 0 Å². The summed E-state index contributed by atoms with van der Waals surface area (Å²) in [5.41, 5.74) is 1.63. The number of aryl methyl sites for hydroxylation is 1. The summed E-state index contributed by atoms with van der Waals surface area (Å²) in [5.74, 6) is 1.52. The highest BCUT2D eigenvalue weighted by atomic mass is 16.5. The number of hydrogen-bond acceptors (Lipinski definition) is 4. The van der Waals surface area contributed by atoms with Gasteiger partial charge in [0.25, 0.3) is 0 Å². The molecule has 1 aromatic carbocycles. The highest BCUT2D eigenvalue weighted by Crippen LogP contribution is 2.14. The number of rotatable bonds is 4. The number of hydrogen-bond donors (Lipinski definition) is 1. The third kappa shape index (κ3) is 2.61. The van der Waals surface area contributed by atoms with Crippen molar-refractivity contribution in [3.8, 4) is 5.75 Å². The lowest BCUT2D eigenvalue weighted by Crippen LogP contribution is -1.95. The molecule has 4 nitrogen and oxygen atoms in total. The van der Waals surface area contributed by atoms with E-state index in [1.54, 1.807) is 0 Å². The normalized spacial score (nSPS) is 10.4. The van der Waals surface area contributed by atoms with Crippen molar-refractivity contribution in [2.75, 3.05) is 0 Å². The Bertz CT molecular complexity index is 448. The molecule has 0 amide bonds. The Morgan fingerprint density at radius 1 is 1.31 bits per heavy atom. The monoisotopic (exact) mass is 219 g/mol. The van der Waals surface area contributed by atoms with Gasteiger partial charge in [-0.25, -0.2) is 0 Å². The van der Waals surface area contributed by atoms with E-state index in [9.17, 15) is 0 Å². The van der Waals surface area contributed by atoms with Crippen LogP contribution < -0.4 is 4.74 Å². The number of aliphatic hydroxyl groups excluding tert-OH is 1. The van der Waals surface area contributed by atoms with Crippen LogP contribution in [0.25, 0.3) is 0 Å². The molecule has 0 spiro atoms. The van der Waals surface area contributed by atoms with E-state index in [-0.39, 0.29) is 6.61 Å². The van der Waals surface area contributed by atoms with Gasteiger partial charge in [0.05, 0.1) is 6.61 Å². The van der Waals surface area contributed by atoms with Crippen LogP contribution in [0.3, 0.4) is 0 Å². The molecule has 0 radical (unpaired) electrons. The molecule has 0 saturated carbocycles. The second-order valence-corrected chi connectivity index (χ2v) is 3.52. The van der Waals surface area contributed by atoms with Gasteiger partial charge in [-0.3, -0.25) is 0 Å². The molecule has 0 unspecified atom stereocenters. The van der Waals surface area contributed by atoms with E-state index < -0.39 is 0 Å². The maximum atomic E-state index is 8.88. The van der Waals surface area contributed by atoms with Crippen molar-refractivity contribution in [3.05, 3.63) is 47.3 Å². The molecule has 84 valence electrons. The lowest BCUT2D eigenvalue weighted by atomic mass is 10.2. The number of ether oxygens (including phenoxy) is 1. The van der Waals surface area contributed by atoms with E-state index in [0.29, 0.717) is 6.61 Å². The molecule has 16 heavy (non-hydrogen) atoms. The topological polar surface area (TPSA) is 55.5 Å². The predicted molar refractivity (Wildman–Crippen MR) is 57.9 cm³/mol. The Balaban J connectivity index is 1.94. The Labute approximate surface area is 93.5 Å². The summed E-state index contributed by atoms with van der Waals surface area (Å²) < 4.78 is 10.4. The molecule has 1 aromatic heterocycles. The van der Waals surface area contributed by atoms with Crippen molar-refractivity contribution in [3.63, 3.8) is 0 Å². The Morgan fingerprint density at radius 2 is 2.06 bits per heavy atom. The molecule has 1 heterocycles. The van der Waals surface area contributed by atoms with Crippen molar-refractivity contribution in [1.82, 2.24) is 5.16 Å². The largest absolute Gasteiger partial charge is 0.487 e. The minimum atomic E-state index is 0.0444. The van der Waals surface area contributed by atoms with Gasteiger partial charge in [-0.15, -0.1) is 0 Å². The molecular formula is C12H13NO3. The van der Waals surface area contributed by atoms with Gasteiger partial charge >= 0.3 is 0 Å². The van der Waals surface area contributed by atoms with Crippen molar-refractivity contribution in [2.45, 2.75) is 20.1 Å². The van der Waals surface area contributed by atoms with Crippen molar-refractivity contribution in [2.24, 2.45) is 0 Å². The summed E-state index contributed by atoms with van der Waals surface area (Å²) in [5, 5.41) is 12.7. The SMILES string of the molecule is Cc1cc(COc2ccc(CO)cc2)no1. The maximum absolute atomic E-state index is 8.88. The summed E-state index contributed by atoms with van der Waals surface area (Å²) >= 11 is 0. The van der Waals surface area contributed by atoms with Gasteiger partial charge in [-0.05, 0) is 24.6 Å². The summed E-state index contributed by atoms with van der Waals surface area (Å²) in [7, 11) is 0. The maximum Gasteiger partial charge on any atom is 0.134 e. The van der Waals surface area contributed by atoms with Gasteiger partial charge in [-0.1, -0.05) is 17.3 Å². The van der Waals surface area contributed by atoms with Crippen LogP contribution in [0.15, 0.2) is 34.9 Å². The third-order valence-corrected chi connectivity index (χ3v) is 2.17. The minimum Gasteiger partial charge on any atom is -0.487 e. The summed E-state index contributed by atoms with van der Waals surface area (Å²) in [4.78, 5) is 0. The van der Waals surface area contributed by atoms with Gasteiger partial charge < -0.3 is 14.4 Å². The Hall–Kier alpha value is -1.81. The molecule has 0 aliphatic rings. The summed E-state index contributed by atoms with van der Waals surface area (Å²) in [6.07, 6.45) is 0. The number of aromatic nitrogens is 1. The first-order chi connectivity index (χ1) is 7.78. The third-order valence-electron chi connectivity index (χ3n) is 2.17. The zero-order valence-electron chi connectivity index (χ0n) is 9.01. The highest BCUT2D eigenvalue weighted by Gasteiger charge is 2.01. The van der Waals surface area contributed by atoms with Gasteiger partial charge in [0.1, 0.15) is 23.8 Å². The van der Waals surface area contributed by atoms with Crippen LogP contribution in [0.5, 0.6) is 5.75 Å². The van der Waals surface area contributed by atoms with Gasteiger partial charge in [0, 0.05) is 6.07 Å². The highest BCUT2D eigenvalue weighted by molar-refractivity contribution is 5.26. The predicted octanol–water partition coefficient (Wildman–Crippen LogP) is 2.05. The zero-order chi connectivity index (χ0) is 11.4. The Morgan fingerprint density at radius 3 is 2.62 bits per heavy atom. The van der Waals surface area contributed by atoms with Crippen molar-refractivity contribution >= 4 is 0 Å². The molecule has 0 aliphatic carbocycles.